The summed E-state index contributed by atoms with van der Waals surface area (Å²) in [6.07, 6.45) is 1.80. The summed E-state index contributed by atoms with van der Waals surface area (Å²) < 4.78 is 0. The number of allylic oxidation sites excluding steroid dienone is 1. The number of hydrogen-bond donors (Lipinski definition) is 1. The van der Waals surface area contributed by atoms with Crippen LogP contribution in [0.4, 0.5) is 0 Å². The third-order valence-corrected chi connectivity index (χ3v) is 4.78. The molecular weight excluding hydrogens is 316 g/mol. The lowest BCUT2D eigenvalue weighted by Gasteiger charge is -2.38. The summed E-state index contributed by atoms with van der Waals surface area (Å²) in [6, 6.07) is 9.40. The van der Waals surface area contributed by atoms with E-state index < -0.39 is 17.6 Å². The fourth-order valence-electron chi connectivity index (χ4n) is 3.26. The number of amides is 1. The van der Waals surface area contributed by atoms with Gasteiger partial charge >= 0.3 is 0 Å². The van der Waals surface area contributed by atoms with Gasteiger partial charge in [-0.15, -0.1) is 0 Å². The minimum Gasteiger partial charge on any atom is -0.399 e. The van der Waals surface area contributed by atoms with Crippen molar-refractivity contribution in [2.24, 2.45) is 10.6 Å². The van der Waals surface area contributed by atoms with E-state index in [0.29, 0.717) is 13.0 Å². The van der Waals surface area contributed by atoms with Crippen LogP contribution in [0.5, 0.6) is 0 Å². The lowest BCUT2D eigenvalue weighted by Crippen LogP contribution is -2.49. The van der Waals surface area contributed by atoms with Gasteiger partial charge in [-0.1, -0.05) is 55.4 Å². The SMILES string of the molecule is CON=C1CC(C)(C)C(O)C(N(Cc2ccccc2)C(C)=O)C=C1C. The molecule has 0 saturated carbocycles. The molecule has 0 fully saturated rings. The van der Waals surface area contributed by atoms with Gasteiger partial charge in [-0.2, -0.15) is 0 Å². The van der Waals surface area contributed by atoms with Crippen LogP contribution in [0.2, 0.25) is 0 Å². The molecular formula is C20H28N2O3. The van der Waals surface area contributed by atoms with E-state index in [2.05, 4.69) is 5.16 Å². The Labute approximate surface area is 150 Å². The first-order chi connectivity index (χ1) is 11.8. The second-order valence-electron chi connectivity index (χ2n) is 7.30. The Balaban J connectivity index is 2.43. The molecule has 2 atom stereocenters. The Bertz CT molecular complexity index is 665. The van der Waals surface area contributed by atoms with E-state index in [1.54, 1.807) is 11.8 Å². The van der Waals surface area contributed by atoms with Crippen LogP contribution in [0.1, 0.15) is 39.7 Å². The molecule has 1 aliphatic carbocycles. The highest BCUT2D eigenvalue weighted by atomic mass is 16.6. The molecule has 25 heavy (non-hydrogen) atoms. The van der Waals surface area contributed by atoms with Gasteiger partial charge in [-0.05, 0) is 23.5 Å². The Morgan fingerprint density at radius 1 is 1.36 bits per heavy atom. The summed E-state index contributed by atoms with van der Waals surface area (Å²) in [5.74, 6) is -0.0696. The first-order valence-electron chi connectivity index (χ1n) is 8.54. The Morgan fingerprint density at radius 3 is 2.56 bits per heavy atom. The van der Waals surface area contributed by atoms with Crippen LogP contribution in [0.25, 0.3) is 0 Å². The molecule has 136 valence electrons. The quantitative estimate of drug-likeness (QED) is 0.854. The Hall–Kier alpha value is -2.14. The third-order valence-electron chi connectivity index (χ3n) is 4.78. The lowest BCUT2D eigenvalue weighted by atomic mass is 9.79. The number of benzene rings is 1. The number of carbonyl (C=O) groups is 1. The number of carbonyl (C=O) groups excluding carboxylic acids is 1. The summed E-state index contributed by atoms with van der Waals surface area (Å²) in [4.78, 5) is 19.0. The van der Waals surface area contributed by atoms with Crippen molar-refractivity contribution in [2.45, 2.75) is 52.8 Å². The number of aliphatic hydroxyl groups excluding tert-OH is 1. The van der Waals surface area contributed by atoms with E-state index >= 15 is 0 Å². The largest absolute Gasteiger partial charge is 0.399 e. The average Bonchev–Trinajstić information content (AvgIpc) is 2.64. The van der Waals surface area contributed by atoms with E-state index in [0.717, 1.165) is 16.8 Å². The molecule has 0 heterocycles. The summed E-state index contributed by atoms with van der Waals surface area (Å²) in [5.41, 5.74) is 2.32. The molecule has 5 nitrogen and oxygen atoms in total. The number of oxime groups is 1. The lowest BCUT2D eigenvalue weighted by molar-refractivity contribution is -0.135. The van der Waals surface area contributed by atoms with Gasteiger partial charge in [-0.25, -0.2) is 0 Å². The van der Waals surface area contributed by atoms with Crippen molar-refractivity contribution in [3.63, 3.8) is 0 Å². The first kappa shape index (κ1) is 19.2. The minimum absolute atomic E-state index is 0.0696. The van der Waals surface area contributed by atoms with Crippen LogP contribution in [-0.4, -0.2) is 40.9 Å². The monoisotopic (exact) mass is 344 g/mol. The molecule has 5 heteroatoms. The Kier molecular flexibility index (Phi) is 6.01. The maximum atomic E-state index is 12.4. The van der Waals surface area contributed by atoms with Crippen LogP contribution >= 0.6 is 0 Å². The fraction of sp³-hybridized carbons (Fsp3) is 0.500. The van der Waals surface area contributed by atoms with Crippen molar-refractivity contribution in [1.29, 1.82) is 0 Å². The van der Waals surface area contributed by atoms with E-state index in [9.17, 15) is 9.90 Å². The van der Waals surface area contributed by atoms with E-state index in [-0.39, 0.29) is 5.91 Å². The molecule has 1 aliphatic rings. The number of nitrogens with zero attached hydrogens (tertiary/aromatic N) is 2. The molecule has 2 unspecified atom stereocenters. The fourth-order valence-corrected chi connectivity index (χ4v) is 3.26. The number of rotatable bonds is 4. The Morgan fingerprint density at radius 2 is 2.00 bits per heavy atom. The first-order valence-corrected chi connectivity index (χ1v) is 8.54. The highest BCUT2D eigenvalue weighted by molar-refractivity contribution is 6.00. The van der Waals surface area contributed by atoms with Crippen LogP contribution in [0.15, 0.2) is 47.1 Å². The summed E-state index contributed by atoms with van der Waals surface area (Å²) in [5, 5.41) is 15.2. The van der Waals surface area contributed by atoms with E-state index in [1.165, 1.54) is 7.11 Å². The predicted octanol–water partition coefficient (Wildman–Crippen LogP) is 3.14. The van der Waals surface area contributed by atoms with E-state index in [4.69, 9.17) is 4.84 Å². The normalized spacial score (nSPS) is 24.4. The van der Waals surface area contributed by atoms with Gasteiger partial charge in [-0.3, -0.25) is 4.79 Å². The zero-order valence-corrected chi connectivity index (χ0v) is 15.7. The van der Waals surface area contributed by atoms with Crippen molar-refractivity contribution >= 4 is 11.6 Å². The van der Waals surface area contributed by atoms with Crippen LogP contribution in [0.3, 0.4) is 0 Å². The van der Waals surface area contributed by atoms with Crippen molar-refractivity contribution in [3.8, 4) is 0 Å². The second kappa shape index (κ2) is 7.83. The van der Waals surface area contributed by atoms with Gasteiger partial charge in [0.05, 0.1) is 17.9 Å². The van der Waals surface area contributed by atoms with Crippen LogP contribution in [0, 0.1) is 5.41 Å². The standard InChI is InChI=1S/C20H28N2O3/c1-14-11-18(19(24)20(3,4)12-17(14)21-25-5)22(15(2)23)13-16-9-7-6-8-10-16/h6-11,18-19,24H,12-13H2,1-5H3. The minimum atomic E-state index is -0.709. The summed E-state index contributed by atoms with van der Waals surface area (Å²) >= 11 is 0. The highest BCUT2D eigenvalue weighted by Crippen LogP contribution is 2.35. The molecule has 0 radical (unpaired) electrons. The van der Waals surface area contributed by atoms with E-state index in [1.807, 2.05) is 57.2 Å². The second-order valence-corrected chi connectivity index (χ2v) is 7.30. The molecule has 2 rings (SSSR count). The van der Waals surface area contributed by atoms with Crippen LogP contribution in [-0.2, 0) is 16.2 Å². The highest BCUT2D eigenvalue weighted by Gasteiger charge is 2.41. The van der Waals surface area contributed by atoms with Gasteiger partial charge in [0, 0.05) is 19.9 Å². The maximum Gasteiger partial charge on any atom is 0.220 e. The molecule has 0 spiro atoms. The maximum absolute atomic E-state index is 12.4. The number of aliphatic hydroxyl groups is 1. The van der Waals surface area contributed by atoms with Crippen molar-refractivity contribution in [2.75, 3.05) is 7.11 Å². The van der Waals surface area contributed by atoms with Gasteiger partial charge in [0.15, 0.2) is 0 Å². The average molecular weight is 344 g/mol. The molecule has 1 aromatic rings. The van der Waals surface area contributed by atoms with Gasteiger partial charge < -0.3 is 14.8 Å². The molecule has 1 aromatic carbocycles. The summed E-state index contributed by atoms with van der Waals surface area (Å²) in [7, 11) is 1.52. The van der Waals surface area contributed by atoms with Gasteiger partial charge in [0.1, 0.15) is 7.11 Å². The zero-order valence-electron chi connectivity index (χ0n) is 15.7. The molecule has 0 saturated heterocycles. The topological polar surface area (TPSA) is 62.1 Å². The number of hydrogen-bond acceptors (Lipinski definition) is 4. The molecule has 0 bridgehead atoms. The van der Waals surface area contributed by atoms with Crippen molar-refractivity contribution < 1.29 is 14.7 Å². The van der Waals surface area contributed by atoms with Gasteiger partial charge in [0.2, 0.25) is 5.91 Å². The third kappa shape index (κ3) is 4.48. The summed E-state index contributed by atoms with van der Waals surface area (Å²) in [6.45, 7) is 7.92. The predicted molar refractivity (Wildman–Crippen MR) is 99.1 cm³/mol. The van der Waals surface area contributed by atoms with Crippen molar-refractivity contribution in [3.05, 3.63) is 47.5 Å². The molecule has 1 amide bonds. The smallest absolute Gasteiger partial charge is 0.220 e. The van der Waals surface area contributed by atoms with Gasteiger partial charge in [0.25, 0.3) is 0 Å². The van der Waals surface area contributed by atoms with Crippen LogP contribution < -0.4 is 0 Å². The zero-order chi connectivity index (χ0) is 18.6. The molecule has 0 aromatic heterocycles. The molecule has 0 aliphatic heterocycles. The molecule has 1 N–H and O–H groups in total. The van der Waals surface area contributed by atoms with Crippen molar-refractivity contribution in [1.82, 2.24) is 4.90 Å².